The average molecular weight is 173 g/mol. The summed E-state index contributed by atoms with van der Waals surface area (Å²) in [6.07, 6.45) is 0. The maximum atomic E-state index is 7.30. The van der Waals surface area contributed by atoms with Crippen LogP contribution < -0.4 is 17.3 Å². The van der Waals surface area contributed by atoms with E-state index in [-0.39, 0.29) is 5.96 Å². The molecule has 0 aromatic carbocycles. The molecule has 0 atom stereocenters. The molecule has 0 rings (SSSR count). The highest BCUT2D eigenvalue weighted by molar-refractivity contribution is 7.52. The summed E-state index contributed by atoms with van der Waals surface area (Å²) in [5, 5.41) is 2.86. The fourth-order valence-electron chi connectivity index (χ4n) is 0. The first-order valence-corrected chi connectivity index (χ1v) is 3.46. The highest BCUT2D eigenvalue weighted by Gasteiger charge is 2.23. The standard InChI is InChI=1S/CH6N4.H4O4P/c2-1(3)5-4;1-5(2,3)4/h4H2,(H4,2,3,5);1-4H/q;+1. The minimum absolute atomic E-state index is 0.0926. The molecule has 0 aliphatic rings. The Morgan fingerprint density at radius 3 is 1.20 bits per heavy atom. The number of guanidine groups is 1. The van der Waals surface area contributed by atoms with Crippen LogP contribution in [0.5, 0.6) is 0 Å². The summed E-state index contributed by atoms with van der Waals surface area (Å²) in [4.78, 5) is 29.2. The number of nitrogens with zero attached hydrogens (tertiary/aromatic N) is 1. The maximum absolute atomic E-state index is 7.30. The van der Waals surface area contributed by atoms with Gasteiger partial charge in [0.1, 0.15) is 0 Å². The molecule has 0 saturated carbocycles. The molecule has 0 fully saturated rings. The van der Waals surface area contributed by atoms with Gasteiger partial charge in [0, 0.05) is 0 Å². The van der Waals surface area contributed by atoms with Crippen molar-refractivity contribution in [2.24, 2.45) is 22.4 Å². The molecule has 10 N–H and O–H groups in total. The second-order valence-corrected chi connectivity index (χ2v) is 2.16. The monoisotopic (exact) mass is 173 g/mol. The molecule has 0 spiro atoms. The molecule has 0 aliphatic carbocycles. The van der Waals surface area contributed by atoms with Crippen molar-refractivity contribution in [3.63, 3.8) is 0 Å². The van der Waals surface area contributed by atoms with Crippen molar-refractivity contribution >= 4 is 14.1 Å². The third-order valence-electron chi connectivity index (χ3n) is 0.149. The van der Waals surface area contributed by atoms with Crippen LogP contribution in [0, 0.1) is 0 Å². The SMILES string of the molecule is NN=C(N)N.O[P+](O)(O)O. The number of hydrogen-bond acceptors (Lipinski definition) is 6. The lowest BCUT2D eigenvalue weighted by molar-refractivity contribution is 0.229. The average Bonchev–Trinajstić information content (AvgIpc) is 1.61. The zero-order valence-electron chi connectivity index (χ0n) is 4.92. The van der Waals surface area contributed by atoms with Crippen LogP contribution in [0.1, 0.15) is 0 Å². The van der Waals surface area contributed by atoms with Gasteiger partial charge in [0.05, 0.1) is 0 Å². The van der Waals surface area contributed by atoms with E-state index in [1.54, 1.807) is 0 Å². The summed E-state index contributed by atoms with van der Waals surface area (Å²) >= 11 is 0. The first kappa shape index (κ1) is 12.1. The van der Waals surface area contributed by atoms with Crippen LogP contribution in [0.15, 0.2) is 5.10 Å². The number of nitrogens with two attached hydrogens (primary N) is 3. The zero-order valence-corrected chi connectivity index (χ0v) is 5.81. The Kier molecular flexibility index (Phi) is 6.21. The number of hydrogen-bond donors (Lipinski definition) is 7. The van der Waals surface area contributed by atoms with Gasteiger partial charge in [-0.1, -0.05) is 0 Å². The molecule has 0 saturated heterocycles. The predicted molar refractivity (Wildman–Crippen MR) is 35.8 cm³/mol. The lowest BCUT2D eigenvalue weighted by atomic mass is 11.1. The van der Waals surface area contributed by atoms with Crippen LogP contribution >= 0.6 is 8.17 Å². The normalized spacial score (nSPS) is 9.20. The van der Waals surface area contributed by atoms with Gasteiger partial charge in [-0.3, -0.25) is 0 Å². The van der Waals surface area contributed by atoms with E-state index in [9.17, 15) is 0 Å². The Bertz CT molecular complexity index is 98.3. The summed E-state index contributed by atoms with van der Waals surface area (Å²) in [5.41, 5.74) is 9.39. The van der Waals surface area contributed by atoms with Crippen LogP contribution in [0.2, 0.25) is 0 Å². The van der Waals surface area contributed by atoms with Crippen molar-refractivity contribution in [2.45, 2.75) is 0 Å². The fraction of sp³-hybridized carbons (Fsp3) is 0. The topological polar surface area (TPSA) is 171 Å². The molecular formula is CH10N4O4P+. The second-order valence-electron chi connectivity index (χ2n) is 1.09. The molecule has 10 heavy (non-hydrogen) atoms. The van der Waals surface area contributed by atoms with Crippen molar-refractivity contribution in [3.05, 3.63) is 0 Å². The molecule has 0 aromatic rings. The largest absolute Gasteiger partial charge is 0.564 e. The molecule has 0 bridgehead atoms. The van der Waals surface area contributed by atoms with Crippen LogP contribution in [0.4, 0.5) is 0 Å². The Morgan fingerprint density at radius 1 is 1.10 bits per heavy atom. The van der Waals surface area contributed by atoms with Crippen molar-refractivity contribution in [2.75, 3.05) is 0 Å². The number of hydrazone groups is 1. The van der Waals surface area contributed by atoms with Crippen molar-refractivity contribution in [3.8, 4) is 0 Å². The second kappa shape index (κ2) is 5.15. The van der Waals surface area contributed by atoms with Gasteiger partial charge in [-0.25, -0.2) is 0 Å². The van der Waals surface area contributed by atoms with E-state index in [0.717, 1.165) is 0 Å². The molecule has 0 heterocycles. The van der Waals surface area contributed by atoms with Crippen LogP contribution in [-0.4, -0.2) is 25.5 Å². The lowest BCUT2D eigenvalue weighted by Gasteiger charge is -1.83. The van der Waals surface area contributed by atoms with E-state index in [1.807, 2.05) is 0 Å². The maximum Gasteiger partial charge on any atom is 0.564 e. The highest BCUT2D eigenvalue weighted by Crippen LogP contribution is 2.37. The van der Waals surface area contributed by atoms with E-state index in [4.69, 9.17) is 31.0 Å². The molecule has 0 amide bonds. The summed E-state index contributed by atoms with van der Waals surface area (Å²) in [6, 6.07) is 0. The molecule has 0 aromatic heterocycles. The smallest absolute Gasteiger partial charge is 0.369 e. The van der Waals surface area contributed by atoms with E-state index in [1.165, 1.54) is 0 Å². The van der Waals surface area contributed by atoms with Crippen LogP contribution in [0.3, 0.4) is 0 Å². The molecule has 9 heteroatoms. The van der Waals surface area contributed by atoms with E-state index in [2.05, 4.69) is 10.9 Å². The summed E-state index contributed by atoms with van der Waals surface area (Å²) in [6.45, 7) is 0. The van der Waals surface area contributed by atoms with Gasteiger partial charge in [-0.05, 0) is 0 Å². The quantitative estimate of drug-likeness (QED) is 0.0662. The summed E-state index contributed by atoms with van der Waals surface area (Å²) in [7, 11) is -4.39. The summed E-state index contributed by atoms with van der Waals surface area (Å²) in [5.74, 6) is 4.42. The fourth-order valence-corrected chi connectivity index (χ4v) is 0. The van der Waals surface area contributed by atoms with Gasteiger partial charge >= 0.3 is 8.17 Å². The van der Waals surface area contributed by atoms with E-state index in [0.29, 0.717) is 0 Å². The van der Waals surface area contributed by atoms with Gasteiger partial charge in [0.15, 0.2) is 0 Å². The minimum Gasteiger partial charge on any atom is -0.369 e. The highest BCUT2D eigenvalue weighted by atomic mass is 31.2. The van der Waals surface area contributed by atoms with Crippen molar-refractivity contribution in [1.29, 1.82) is 0 Å². The third kappa shape index (κ3) is 164. The predicted octanol–water partition coefficient (Wildman–Crippen LogP) is -3.23. The van der Waals surface area contributed by atoms with Crippen molar-refractivity contribution in [1.82, 2.24) is 0 Å². The van der Waals surface area contributed by atoms with E-state index < -0.39 is 8.17 Å². The summed E-state index contributed by atoms with van der Waals surface area (Å²) < 4.78 is 0. The lowest BCUT2D eigenvalue weighted by Crippen LogP contribution is -2.23. The Labute approximate surface area is 57.2 Å². The van der Waals surface area contributed by atoms with Gasteiger partial charge in [-0.2, -0.15) is 19.6 Å². The van der Waals surface area contributed by atoms with Crippen molar-refractivity contribution < 1.29 is 19.6 Å². The first-order valence-electron chi connectivity index (χ1n) is 1.86. The Balaban J connectivity index is 0. The van der Waals surface area contributed by atoms with Gasteiger partial charge < -0.3 is 17.3 Å². The third-order valence-corrected chi connectivity index (χ3v) is 0.149. The van der Waals surface area contributed by atoms with Gasteiger partial charge in [-0.15, -0.1) is 5.10 Å². The Hall–Kier alpha value is -0.660. The minimum atomic E-state index is -4.39. The molecule has 8 nitrogen and oxygen atoms in total. The number of rotatable bonds is 0. The zero-order chi connectivity index (χ0) is 8.78. The first-order chi connectivity index (χ1) is 4.27. The molecule has 62 valence electrons. The van der Waals surface area contributed by atoms with Crippen LogP contribution in [0.25, 0.3) is 0 Å². The van der Waals surface area contributed by atoms with Gasteiger partial charge in [0.2, 0.25) is 5.96 Å². The van der Waals surface area contributed by atoms with E-state index >= 15 is 0 Å². The Morgan fingerprint density at radius 2 is 1.20 bits per heavy atom. The van der Waals surface area contributed by atoms with Crippen LogP contribution in [-0.2, 0) is 0 Å². The molecule has 0 radical (unpaired) electrons. The van der Waals surface area contributed by atoms with Gasteiger partial charge in [0.25, 0.3) is 0 Å². The molecule has 0 unspecified atom stereocenters. The molecular weight excluding hydrogens is 163 g/mol. The molecule has 0 aliphatic heterocycles.